The average molecular weight is 441 g/mol. The summed E-state index contributed by atoms with van der Waals surface area (Å²) >= 11 is 9.45. The maximum Gasteiger partial charge on any atom is 0.241 e. The summed E-state index contributed by atoms with van der Waals surface area (Å²) in [5.41, 5.74) is 0. The van der Waals surface area contributed by atoms with Crippen molar-refractivity contribution in [2.45, 2.75) is 4.90 Å². The highest BCUT2D eigenvalue weighted by Gasteiger charge is 2.17. The highest BCUT2D eigenvalue weighted by atomic mass is 79.9. The molecule has 130 valence electrons. The van der Waals surface area contributed by atoms with Gasteiger partial charge >= 0.3 is 0 Å². The van der Waals surface area contributed by atoms with Crippen LogP contribution in [0.2, 0.25) is 5.02 Å². The minimum atomic E-state index is -3.65. The molecular weight excluding hydrogens is 426 g/mol. The fourth-order valence-corrected chi connectivity index (χ4v) is 4.34. The highest BCUT2D eigenvalue weighted by molar-refractivity contribution is 9.10. The van der Waals surface area contributed by atoms with Gasteiger partial charge in [-0.25, -0.2) is 13.1 Å². The van der Waals surface area contributed by atoms with E-state index < -0.39 is 10.0 Å². The van der Waals surface area contributed by atoms with Crippen LogP contribution in [-0.2, 0) is 10.0 Å². The number of halogens is 2. The topological polar surface area (TPSA) is 55.4 Å². The minimum Gasteiger partial charge on any atom is -0.491 e. The molecule has 3 rings (SSSR count). The molecule has 7 heteroatoms. The van der Waals surface area contributed by atoms with Crippen LogP contribution in [0, 0.1) is 0 Å². The molecule has 3 aromatic carbocycles. The van der Waals surface area contributed by atoms with Crippen molar-refractivity contribution in [2.75, 3.05) is 13.2 Å². The summed E-state index contributed by atoms with van der Waals surface area (Å²) in [6.45, 7) is 0.315. The lowest BCUT2D eigenvalue weighted by Crippen LogP contribution is -2.28. The number of sulfonamides is 1. The van der Waals surface area contributed by atoms with Gasteiger partial charge in [-0.3, -0.25) is 0 Å². The fraction of sp³-hybridized carbons (Fsp3) is 0.111. The molecule has 0 aliphatic carbocycles. The second-order valence-electron chi connectivity index (χ2n) is 5.27. The molecule has 3 aromatic rings. The van der Waals surface area contributed by atoms with Crippen LogP contribution < -0.4 is 9.46 Å². The van der Waals surface area contributed by atoms with E-state index in [0.29, 0.717) is 16.2 Å². The molecule has 0 fully saturated rings. The van der Waals surface area contributed by atoms with Crippen LogP contribution in [0.15, 0.2) is 70.0 Å². The van der Waals surface area contributed by atoms with Crippen molar-refractivity contribution in [3.8, 4) is 5.75 Å². The van der Waals surface area contributed by atoms with Crippen LogP contribution in [0.3, 0.4) is 0 Å². The molecular formula is C18H15BrClNO3S. The number of ether oxygens (including phenoxy) is 1. The van der Waals surface area contributed by atoms with Gasteiger partial charge in [-0.15, -0.1) is 0 Å². The molecule has 25 heavy (non-hydrogen) atoms. The molecule has 0 radical (unpaired) electrons. The third-order valence-corrected chi connectivity index (χ3v) is 6.13. The molecule has 0 heterocycles. The smallest absolute Gasteiger partial charge is 0.241 e. The monoisotopic (exact) mass is 439 g/mol. The third kappa shape index (κ3) is 4.15. The summed E-state index contributed by atoms with van der Waals surface area (Å²) in [5, 5.41) is 2.00. The summed E-state index contributed by atoms with van der Waals surface area (Å²) < 4.78 is 34.2. The van der Waals surface area contributed by atoms with Gasteiger partial charge < -0.3 is 4.74 Å². The number of hydrogen-bond acceptors (Lipinski definition) is 3. The number of hydrogen-bond donors (Lipinski definition) is 1. The van der Waals surface area contributed by atoms with E-state index in [9.17, 15) is 8.42 Å². The molecule has 0 amide bonds. The first-order chi connectivity index (χ1) is 12.0. The standard InChI is InChI=1S/C18H15BrClNO3S/c19-15-9-10-18(14-6-2-1-5-13(14)15)25(22,23)21-11-12-24-17-8-4-3-7-16(17)20/h1-10,21H,11-12H2. The number of nitrogens with one attached hydrogen (secondary N) is 1. The van der Waals surface area contributed by atoms with Crippen molar-refractivity contribution in [1.82, 2.24) is 4.72 Å². The lowest BCUT2D eigenvalue weighted by atomic mass is 10.1. The van der Waals surface area contributed by atoms with Crippen LogP contribution in [0.25, 0.3) is 10.8 Å². The molecule has 0 spiro atoms. The predicted molar refractivity (Wildman–Crippen MR) is 104 cm³/mol. The first-order valence-electron chi connectivity index (χ1n) is 7.53. The first-order valence-corrected chi connectivity index (χ1v) is 10.2. The molecule has 0 saturated heterocycles. The van der Waals surface area contributed by atoms with Gasteiger partial charge in [0.1, 0.15) is 12.4 Å². The predicted octanol–water partition coefficient (Wildman–Crippen LogP) is 4.61. The second-order valence-corrected chi connectivity index (χ2v) is 8.26. The lowest BCUT2D eigenvalue weighted by Gasteiger charge is -2.12. The van der Waals surface area contributed by atoms with E-state index in [1.807, 2.05) is 18.2 Å². The molecule has 0 aliphatic rings. The Hall–Kier alpha value is -1.60. The Balaban J connectivity index is 1.73. The highest BCUT2D eigenvalue weighted by Crippen LogP contribution is 2.29. The quantitative estimate of drug-likeness (QED) is 0.569. The van der Waals surface area contributed by atoms with Gasteiger partial charge in [0.25, 0.3) is 0 Å². The Bertz CT molecular complexity index is 1010. The van der Waals surface area contributed by atoms with Gasteiger partial charge in [0.15, 0.2) is 0 Å². The van der Waals surface area contributed by atoms with Gasteiger partial charge in [0.2, 0.25) is 10.0 Å². The summed E-state index contributed by atoms with van der Waals surface area (Å²) in [4.78, 5) is 0.240. The van der Waals surface area contributed by atoms with Crippen LogP contribution in [0.5, 0.6) is 5.75 Å². The van der Waals surface area contributed by atoms with E-state index in [-0.39, 0.29) is 18.0 Å². The Morgan fingerprint density at radius 2 is 1.64 bits per heavy atom. The van der Waals surface area contributed by atoms with E-state index in [4.69, 9.17) is 16.3 Å². The zero-order valence-electron chi connectivity index (χ0n) is 13.1. The van der Waals surface area contributed by atoms with Crippen LogP contribution >= 0.6 is 27.5 Å². The molecule has 0 saturated carbocycles. The van der Waals surface area contributed by atoms with Crippen LogP contribution in [-0.4, -0.2) is 21.6 Å². The van der Waals surface area contributed by atoms with Crippen molar-refractivity contribution >= 4 is 48.3 Å². The summed E-state index contributed by atoms with van der Waals surface area (Å²) in [6.07, 6.45) is 0. The second kappa shape index (κ2) is 7.74. The maximum atomic E-state index is 12.6. The molecule has 1 N–H and O–H groups in total. The number of fused-ring (bicyclic) bond motifs is 1. The molecule has 4 nitrogen and oxygen atoms in total. The summed E-state index contributed by atoms with van der Waals surface area (Å²) in [5.74, 6) is 0.525. The zero-order chi connectivity index (χ0) is 17.9. The van der Waals surface area contributed by atoms with E-state index in [2.05, 4.69) is 20.7 Å². The largest absolute Gasteiger partial charge is 0.491 e. The van der Waals surface area contributed by atoms with E-state index in [1.165, 1.54) is 0 Å². The van der Waals surface area contributed by atoms with E-state index in [1.54, 1.807) is 42.5 Å². The minimum absolute atomic E-state index is 0.137. The maximum absolute atomic E-state index is 12.6. The van der Waals surface area contributed by atoms with Crippen molar-refractivity contribution in [2.24, 2.45) is 0 Å². The third-order valence-electron chi connectivity index (χ3n) is 3.61. The Morgan fingerprint density at radius 3 is 2.40 bits per heavy atom. The Morgan fingerprint density at radius 1 is 0.960 bits per heavy atom. The van der Waals surface area contributed by atoms with Crippen LogP contribution in [0.1, 0.15) is 0 Å². The SMILES string of the molecule is O=S(=O)(NCCOc1ccccc1Cl)c1ccc(Br)c2ccccc12. The van der Waals surface area contributed by atoms with Crippen molar-refractivity contribution in [3.05, 3.63) is 70.2 Å². The van der Waals surface area contributed by atoms with Crippen molar-refractivity contribution in [3.63, 3.8) is 0 Å². The summed E-state index contributed by atoms with van der Waals surface area (Å²) in [6, 6.07) is 17.7. The van der Waals surface area contributed by atoms with E-state index in [0.717, 1.165) is 9.86 Å². The normalized spacial score (nSPS) is 11.6. The molecule has 0 aliphatic heterocycles. The molecule has 0 unspecified atom stereocenters. The molecule has 0 bridgehead atoms. The fourth-order valence-electron chi connectivity index (χ4n) is 2.45. The lowest BCUT2D eigenvalue weighted by molar-refractivity contribution is 0.323. The van der Waals surface area contributed by atoms with Crippen LogP contribution in [0.4, 0.5) is 0 Å². The van der Waals surface area contributed by atoms with Gasteiger partial charge in [-0.05, 0) is 29.7 Å². The molecule has 0 aromatic heterocycles. The Kier molecular flexibility index (Phi) is 5.64. The number of rotatable bonds is 6. The number of benzene rings is 3. The zero-order valence-corrected chi connectivity index (χ0v) is 16.2. The number of para-hydroxylation sites is 1. The van der Waals surface area contributed by atoms with Gasteiger partial charge in [0, 0.05) is 16.4 Å². The average Bonchev–Trinajstić information content (AvgIpc) is 2.60. The van der Waals surface area contributed by atoms with Gasteiger partial charge in [-0.2, -0.15) is 0 Å². The van der Waals surface area contributed by atoms with Gasteiger partial charge in [0.05, 0.1) is 9.92 Å². The van der Waals surface area contributed by atoms with E-state index >= 15 is 0 Å². The van der Waals surface area contributed by atoms with Crippen molar-refractivity contribution < 1.29 is 13.2 Å². The first kappa shape index (κ1) is 18.2. The Labute approximate surface area is 159 Å². The summed E-state index contributed by atoms with van der Waals surface area (Å²) in [7, 11) is -3.65. The van der Waals surface area contributed by atoms with Crippen molar-refractivity contribution in [1.29, 1.82) is 0 Å². The van der Waals surface area contributed by atoms with Gasteiger partial charge in [-0.1, -0.05) is 63.9 Å². The molecule has 0 atom stereocenters.